The number of benzene rings is 2. The van der Waals surface area contributed by atoms with Gasteiger partial charge in [-0.1, -0.05) is 53.0 Å². The van der Waals surface area contributed by atoms with Crippen LogP contribution in [0.15, 0.2) is 48.7 Å². The Labute approximate surface area is 165 Å². The van der Waals surface area contributed by atoms with Gasteiger partial charge in [0.25, 0.3) is 0 Å². The zero-order valence-electron chi connectivity index (χ0n) is 13.6. The van der Waals surface area contributed by atoms with Gasteiger partial charge in [0.05, 0.1) is 11.9 Å². The van der Waals surface area contributed by atoms with Crippen molar-refractivity contribution in [3.8, 4) is 6.01 Å². The minimum Gasteiger partial charge on any atom is -0.459 e. The Bertz CT molecular complexity index is 904. The smallest absolute Gasteiger partial charge is 0.317 e. The number of halogens is 4. The summed E-state index contributed by atoms with van der Waals surface area (Å²) in [4.78, 5) is 8.04. The van der Waals surface area contributed by atoms with Crippen LogP contribution in [0.25, 0.3) is 0 Å². The summed E-state index contributed by atoms with van der Waals surface area (Å²) >= 11 is 17.8. The first-order chi connectivity index (χ1) is 12.5. The van der Waals surface area contributed by atoms with Gasteiger partial charge in [-0.3, -0.25) is 0 Å². The van der Waals surface area contributed by atoms with Crippen LogP contribution in [0.4, 0.5) is 4.39 Å². The van der Waals surface area contributed by atoms with Crippen LogP contribution >= 0.6 is 34.8 Å². The Balaban J connectivity index is 1.65. The maximum absolute atomic E-state index is 14.0. The van der Waals surface area contributed by atoms with Crippen LogP contribution in [0.5, 0.6) is 6.01 Å². The maximum Gasteiger partial charge on any atom is 0.317 e. The van der Waals surface area contributed by atoms with Crippen molar-refractivity contribution < 1.29 is 9.13 Å². The second-order valence-corrected chi connectivity index (χ2v) is 6.88. The molecule has 3 aromatic rings. The van der Waals surface area contributed by atoms with E-state index in [-0.39, 0.29) is 12.6 Å². The largest absolute Gasteiger partial charge is 0.459 e. The van der Waals surface area contributed by atoms with Crippen molar-refractivity contribution in [1.29, 1.82) is 0 Å². The molecule has 0 fully saturated rings. The van der Waals surface area contributed by atoms with Gasteiger partial charge in [0, 0.05) is 20.6 Å². The molecule has 0 saturated heterocycles. The summed E-state index contributed by atoms with van der Waals surface area (Å²) in [5.74, 6) is -0.462. The van der Waals surface area contributed by atoms with E-state index in [1.165, 1.54) is 0 Å². The summed E-state index contributed by atoms with van der Waals surface area (Å²) in [6, 6.07) is 12.6. The average Bonchev–Trinajstić information content (AvgIpc) is 2.62. The van der Waals surface area contributed by atoms with E-state index in [0.717, 1.165) is 17.3 Å². The molecular formula is C19H14Cl3FN2O. The number of rotatable bonds is 6. The second-order valence-electron chi connectivity index (χ2n) is 5.60. The lowest BCUT2D eigenvalue weighted by Gasteiger charge is -2.08. The molecule has 3 rings (SSSR count). The molecule has 134 valence electrons. The highest BCUT2D eigenvalue weighted by molar-refractivity contribution is 6.35. The fraction of sp³-hybridized carbons (Fsp3) is 0.158. The van der Waals surface area contributed by atoms with Crippen molar-refractivity contribution in [3.63, 3.8) is 0 Å². The molecule has 1 aromatic heterocycles. The van der Waals surface area contributed by atoms with Crippen molar-refractivity contribution in [2.45, 2.75) is 19.4 Å². The van der Waals surface area contributed by atoms with E-state index in [1.807, 2.05) is 12.1 Å². The lowest BCUT2D eigenvalue weighted by molar-refractivity contribution is 0.278. The average molecular weight is 412 g/mol. The van der Waals surface area contributed by atoms with Gasteiger partial charge in [-0.15, -0.1) is 0 Å². The molecule has 0 saturated carbocycles. The zero-order chi connectivity index (χ0) is 18.5. The standard InChI is InChI=1S/C19H14Cl3FN2O/c20-14-5-1-12(2-6-14)3-8-18-17(23)10-24-19(25-18)26-11-13-4-7-15(21)9-16(13)22/h1-2,4-7,9-10H,3,8,11H2. The Morgan fingerprint density at radius 3 is 2.38 bits per heavy atom. The summed E-state index contributed by atoms with van der Waals surface area (Å²) < 4.78 is 19.5. The predicted octanol–water partition coefficient (Wildman–Crippen LogP) is 5.94. The SMILES string of the molecule is Fc1cnc(OCc2ccc(Cl)cc2Cl)nc1CCc1ccc(Cl)cc1. The second kappa shape index (κ2) is 8.67. The molecule has 7 heteroatoms. The van der Waals surface area contributed by atoms with Crippen LogP contribution < -0.4 is 4.74 Å². The van der Waals surface area contributed by atoms with Crippen LogP contribution in [0.3, 0.4) is 0 Å². The summed E-state index contributed by atoms with van der Waals surface area (Å²) in [6.07, 6.45) is 2.17. The van der Waals surface area contributed by atoms with Crippen molar-refractivity contribution in [1.82, 2.24) is 9.97 Å². The number of ether oxygens (including phenoxy) is 1. The van der Waals surface area contributed by atoms with E-state index < -0.39 is 5.82 Å². The molecule has 0 amide bonds. The molecule has 0 bridgehead atoms. The van der Waals surface area contributed by atoms with Crippen molar-refractivity contribution in [3.05, 3.63) is 86.4 Å². The highest BCUT2D eigenvalue weighted by Crippen LogP contribution is 2.22. The third-order valence-corrected chi connectivity index (χ3v) is 4.57. The molecule has 0 aliphatic heterocycles. The van der Waals surface area contributed by atoms with Crippen LogP contribution in [0.2, 0.25) is 15.1 Å². The van der Waals surface area contributed by atoms with Crippen LogP contribution in [0.1, 0.15) is 16.8 Å². The van der Waals surface area contributed by atoms with E-state index in [9.17, 15) is 4.39 Å². The van der Waals surface area contributed by atoms with E-state index in [1.54, 1.807) is 30.3 Å². The van der Waals surface area contributed by atoms with E-state index >= 15 is 0 Å². The van der Waals surface area contributed by atoms with E-state index in [2.05, 4.69) is 9.97 Å². The minimum absolute atomic E-state index is 0.100. The molecule has 0 radical (unpaired) electrons. The Hall–Kier alpha value is -1.88. The molecule has 0 spiro atoms. The minimum atomic E-state index is -0.462. The van der Waals surface area contributed by atoms with Gasteiger partial charge in [-0.2, -0.15) is 4.98 Å². The van der Waals surface area contributed by atoms with Crippen LogP contribution in [-0.4, -0.2) is 9.97 Å². The molecular weight excluding hydrogens is 398 g/mol. The van der Waals surface area contributed by atoms with Crippen molar-refractivity contribution >= 4 is 34.8 Å². The fourth-order valence-electron chi connectivity index (χ4n) is 2.32. The summed E-state index contributed by atoms with van der Waals surface area (Å²) in [6.45, 7) is 0.165. The first kappa shape index (κ1) is 18.9. The maximum atomic E-state index is 14.0. The Morgan fingerprint density at radius 1 is 0.923 bits per heavy atom. The molecule has 0 unspecified atom stereocenters. The third-order valence-electron chi connectivity index (χ3n) is 3.73. The van der Waals surface area contributed by atoms with Gasteiger partial charge in [0.2, 0.25) is 0 Å². The monoisotopic (exact) mass is 410 g/mol. The lowest BCUT2D eigenvalue weighted by Crippen LogP contribution is -2.05. The van der Waals surface area contributed by atoms with Crippen molar-refractivity contribution in [2.75, 3.05) is 0 Å². The number of nitrogens with zero attached hydrogens (tertiary/aromatic N) is 2. The molecule has 0 atom stereocenters. The lowest BCUT2D eigenvalue weighted by atomic mass is 10.1. The van der Waals surface area contributed by atoms with Gasteiger partial charge in [-0.05, 0) is 42.7 Å². The van der Waals surface area contributed by atoms with Crippen LogP contribution in [0, 0.1) is 5.82 Å². The quantitative estimate of drug-likeness (QED) is 0.503. The summed E-state index contributed by atoms with van der Waals surface area (Å²) in [7, 11) is 0. The third kappa shape index (κ3) is 5.07. The van der Waals surface area contributed by atoms with Crippen molar-refractivity contribution in [2.24, 2.45) is 0 Å². The molecule has 1 heterocycles. The Kier molecular flexibility index (Phi) is 6.30. The molecule has 0 aliphatic carbocycles. The predicted molar refractivity (Wildman–Crippen MR) is 102 cm³/mol. The molecule has 3 nitrogen and oxygen atoms in total. The number of hydrogen-bond acceptors (Lipinski definition) is 3. The Morgan fingerprint density at radius 2 is 1.65 bits per heavy atom. The van der Waals surface area contributed by atoms with Gasteiger partial charge in [-0.25, -0.2) is 9.37 Å². The number of aryl methyl sites for hydroxylation is 2. The van der Waals surface area contributed by atoms with E-state index in [4.69, 9.17) is 39.5 Å². The molecule has 26 heavy (non-hydrogen) atoms. The fourth-order valence-corrected chi connectivity index (χ4v) is 2.91. The molecule has 0 aliphatic rings. The first-order valence-corrected chi connectivity index (χ1v) is 8.97. The summed E-state index contributed by atoms with van der Waals surface area (Å²) in [5.41, 5.74) is 2.08. The highest BCUT2D eigenvalue weighted by atomic mass is 35.5. The van der Waals surface area contributed by atoms with E-state index in [0.29, 0.717) is 33.6 Å². The molecule has 0 N–H and O–H groups in total. The van der Waals surface area contributed by atoms with Gasteiger partial charge < -0.3 is 4.74 Å². The molecule has 2 aromatic carbocycles. The number of aromatic nitrogens is 2. The van der Waals surface area contributed by atoms with Gasteiger partial charge in [0.1, 0.15) is 6.61 Å². The zero-order valence-corrected chi connectivity index (χ0v) is 15.8. The first-order valence-electron chi connectivity index (χ1n) is 7.84. The highest BCUT2D eigenvalue weighted by Gasteiger charge is 2.10. The topological polar surface area (TPSA) is 35.0 Å². The summed E-state index contributed by atoms with van der Waals surface area (Å²) in [5, 5.41) is 1.70. The van der Waals surface area contributed by atoms with Gasteiger partial charge in [0.15, 0.2) is 5.82 Å². The number of hydrogen-bond donors (Lipinski definition) is 0. The van der Waals surface area contributed by atoms with Gasteiger partial charge >= 0.3 is 6.01 Å². The van der Waals surface area contributed by atoms with Crippen LogP contribution in [-0.2, 0) is 19.4 Å². The normalized spacial score (nSPS) is 10.8.